The highest BCUT2D eigenvalue weighted by Crippen LogP contribution is 2.43. The van der Waals surface area contributed by atoms with Crippen LogP contribution in [-0.4, -0.2) is 30.5 Å². The van der Waals surface area contributed by atoms with Crippen LogP contribution < -0.4 is 9.64 Å². The van der Waals surface area contributed by atoms with Gasteiger partial charge in [-0.2, -0.15) is 0 Å². The Morgan fingerprint density at radius 3 is 2.40 bits per heavy atom. The van der Waals surface area contributed by atoms with Gasteiger partial charge in [-0.1, -0.05) is 60.7 Å². The van der Waals surface area contributed by atoms with Gasteiger partial charge in [0.1, 0.15) is 5.75 Å². The maximum atomic E-state index is 13.3. The predicted octanol–water partition coefficient (Wildman–Crippen LogP) is 3.75. The first-order valence-electron chi connectivity index (χ1n) is 9.88. The van der Waals surface area contributed by atoms with E-state index in [0.717, 1.165) is 5.56 Å². The second kappa shape index (κ2) is 8.13. The fraction of sp³-hybridized carbons (Fsp3) is 0.200. The number of anilines is 1. The number of carbonyl (C=O) groups is 2. The summed E-state index contributed by atoms with van der Waals surface area (Å²) in [6.07, 6.45) is 0.308. The topological polar surface area (TPSA) is 66.8 Å². The highest BCUT2D eigenvalue weighted by molar-refractivity contribution is 6.11. The number of nitrogens with zero attached hydrogens (tertiary/aromatic N) is 1. The van der Waals surface area contributed by atoms with Gasteiger partial charge in [0.2, 0.25) is 0 Å². The molecule has 1 aliphatic heterocycles. The van der Waals surface area contributed by atoms with Gasteiger partial charge in [0.15, 0.2) is 11.4 Å². The van der Waals surface area contributed by atoms with Crippen molar-refractivity contribution in [2.24, 2.45) is 0 Å². The Bertz CT molecular complexity index is 1080. The van der Waals surface area contributed by atoms with E-state index < -0.39 is 11.5 Å². The first-order valence-corrected chi connectivity index (χ1v) is 9.88. The summed E-state index contributed by atoms with van der Waals surface area (Å²) in [7, 11) is 1.49. The number of aliphatic hydroxyl groups is 1. The Morgan fingerprint density at radius 2 is 1.63 bits per heavy atom. The molecule has 0 aliphatic carbocycles. The van der Waals surface area contributed by atoms with Crippen molar-refractivity contribution in [3.05, 3.63) is 95.6 Å². The zero-order valence-electron chi connectivity index (χ0n) is 16.7. The quantitative estimate of drug-likeness (QED) is 0.613. The molecule has 0 aromatic heterocycles. The molecule has 1 heterocycles. The van der Waals surface area contributed by atoms with E-state index in [1.807, 2.05) is 42.5 Å². The van der Waals surface area contributed by atoms with Crippen LogP contribution in [-0.2, 0) is 16.8 Å². The molecule has 0 saturated carbocycles. The Kier molecular flexibility index (Phi) is 5.38. The van der Waals surface area contributed by atoms with Crippen molar-refractivity contribution in [3.8, 4) is 5.75 Å². The molecule has 1 atom stereocenters. The molecular formula is C25H23NO4. The Morgan fingerprint density at radius 1 is 0.967 bits per heavy atom. The van der Waals surface area contributed by atoms with Crippen molar-refractivity contribution in [2.75, 3.05) is 18.6 Å². The molecule has 0 spiro atoms. The number of para-hydroxylation sites is 2. The van der Waals surface area contributed by atoms with Crippen LogP contribution in [0, 0.1) is 0 Å². The standard InChI is InChI=1S/C25H23NO4/c1-30-23-14-8-5-11-19(23)22(27)17-25(29)20-12-6-7-13-21(20)26(24(25)28)16-15-18-9-3-2-4-10-18/h2-14,29H,15-17H2,1H3. The highest BCUT2D eigenvalue weighted by atomic mass is 16.5. The van der Waals surface area contributed by atoms with E-state index in [-0.39, 0.29) is 12.2 Å². The Hall–Kier alpha value is -3.44. The molecule has 1 N–H and O–H groups in total. The fourth-order valence-corrected chi connectivity index (χ4v) is 3.99. The number of ketones is 1. The number of fused-ring (bicyclic) bond motifs is 1. The lowest BCUT2D eigenvalue weighted by Crippen LogP contribution is -2.42. The van der Waals surface area contributed by atoms with E-state index in [4.69, 9.17) is 4.74 Å². The third-order valence-corrected chi connectivity index (χ3v) is 5.53. The van der Waals surface area contributed by atoms with E-state index in [1.54, 1.807) is 41.3 Å². The molecule has 152 valence electrons. The van der Waals surface area contributed by atoms with Crippen LogP contribution in [0.25, 0.3) is 0 Å². The molecule has 0 fully saturated rings. The lowest BCUT2D eigenvalue weighted by molar-refractivity contribution is -0.135. The zero-order valence-corrected chi connectivity index (χ0v) is 16.7. The normalized spacial score (nSPS) is 17.7. The first-order chi connectivity index (χ1) is 14.5. The number of amides is 1. The molecular weight excluding hydrogens is 378 g/mol. The third-order valence-electron chi connectivity index (χ3n) is 5.53. The van der Waals surface area contributed by atoms with E-state index in [2.05, 4.69) is 0 Å². The summed E-state index contributed by atoms with van der Waals surface area (Å²) in [5.74, 6) is -0.392. The molecule has 1 amide bonds. The molecule has 1 unspecified atom stereocenters. The van der Waals surface area contributed by atoms with Crippen LogP contribution in [0.2, 0.25) is 0 Å². The van der Waals surface area contributed by atoms with Gasteiger partial charge < -0.3 is 14.7 Å². The molecule has 30 heavy (non-hydrogen) atoms. The average Bonchev–Trinajstić information content (AvgIpc) is 2.99. The van der Waals surface area contributed by atoms with Crippen LogP contribution in [0.4, 0.5) is 5.69 Å². The fourth-order valence-electron chi connectivity index (χ4n) is 3.99. The minimum absolute atomic E-state index is 0.342. The number of hydrogen-bond donors (Lipinski definition) is 1. The van der Waals surface area contributed by atoms with Gasteiger partial charge in [-0.15, -0.1) is 0 Å². The van der Waals surface area contributed by atoms with E-state index >= 15 is 0 Å². The minimum Gasteiger partial charge on any atom is -0.496 e. The van der Waals surface area contributed by atoms with Gasteiger partial charge >= 0.3 is 0 Å². The summed E-state index contributed by atoms with van der Waals surface area (Å²) in [5, 5.41) is 11.4. The molecule has 0 saturated heterocycles. The third kappa shape index (κ3) is 3.48. The van der Waals surface area contributed by atoms with Crippen LogP contribution >= 0.6 is 0 Å². The van der Waals surface area contributed by atoms with Crippen molar-refractivity contribution >= 4 is 17.4 Å². The van der Waals surface area contributed by atoms with Gasteiger partial charge in [0.05, 0.1) is 24.8 Å². The second-order valence-electron chi connectivity index (χ2n) is 7.37. The maximum absolute atomic E-state index is 13.3. The van der Waals surface area contributed by atoms with Gasteiger partial charge in [-0.25, -0.2) is 0 Å². The van der Waals surface area contributed by atoms with E-state index in [9.17, 15) is 14.7 Å². The SMILES string of the molecule is COc1ccccc1C(=O)CC1(O)C(=O)N(CCc2ccccc2)c2ccccc21. The van der Waals surface area contributed by atoms with Crippen molar-refractivity contribution in [1.29, 1.82) is 0 Å². The van der Waals surface area contributed by atoms with Crippen LogP contribution in [0.15, 0.2) is 78.9 Å². The second-order valence-corrected chi connectivity index (χ2v) is 7.37. The number of rotatable bonds is 7. The van der Waals surface area contributed by atoms with Crippen LogP contribution in [0.3, 0.4) is 0 Å². The molecule has 0 bridgehead atoms. The van der Waals surface area contributed by atoms with Crippen molar-refractivity contribution in [2.45, 2.75) is 18.4 Å². The van der Waals surface area contributed by atoms with E-state index in [0.29, 0.717) is 35.5 Å². The molecule has 4 rings (SSSR count). The minimum atomic E-state index is -1.90. The lowest BCUT2D eigenvalue weighted by Gasteiger charge is -2.23. The summed E-state index contributed by atoms with van der Waals surface area (Å²) in [6.45, 7) is 0.422. The molecule has 1 aliphatic rings. The molecule has 3 aromatic rings. The van der Waals surface area contributed by atoms with Gasteiger partial charge in [0.25, 0.3) is 5.91 Å². The number of hydrogen-bond acceptors (Lipinski definition) is 4. The Balaban J connectivity index is 1.63. The van der Waals surface area contributed by atoms with Crippen molar-refractivity contribution in [1.82, 2.24) is 0 Å². The van der Waals surface area contributed by atoms with Crippen molar-refractivity contribution in [3.63, 3.8) is 0 Å². The first kappa shape index (κ1) is 19.9. The Labute approximate surface area is 175 Å². The van der Waals surface area contributed by atoms with Gasteiger partial charge in [-0.05, 0) is 30.2 Å². The monoisotopic (exact) mass is 401 g/mol. The number of benzene rings is 3. The highest BCUT2D eigenvalue weighted by Gasteiger charge is 2.50. The zero-order chi connectivity index (χ0) is 21.1. The number of methoxy groups -OCH3 is 1. The summed E-state index contributed by atoms with van der Waals surface area (Å²) >= 11 is 0. The number of ether oxygens (including phenoxy) is 1. The summed E-state index contributed by atoms with van der Waals surface area (Å²) in [5.41, 5.74) is 0.662. The smallest absolute Gasteiger partial charge is 0.264 e. The van der Waals surface area contributed by atoms with Crippen molar-refractivity contribution < 1.29 is 19.4 Å². The largest absolute Gasteiger partial charge is 0.496 e. The van der Waals surface area contributed by atoms with Gasteiger partial charge in [-0.3, -0.25) is 9.59 Å². The summed E-state index contributed by atoms with van der Waals surface area (Å²) in [4.78, 5) is 27.9. The van der Waals surface area contributed by atoms with Crippen LogP contribution in [0.1, 0.15) is 27.9 Å². The molecule has 5 heteroatoms. The molecule has 3 aromatic carbocycles. The molecule has 0 radical (unpaired) electrons. The summed E-state index contributed by atoms with van der Waals surface area (Å²) in [6, 6.07) is 23.8. The van der Waals surface area contributed by atoms with Gasteiger partial charge in [0, 0.05) is 12.1 Å². The maximum Gasteiger partial charge on any atom is 0.264 e. The molecule has 5 nitrogen and oxygen atoms in total. The number of Topliss-reactive ketones (excluding diaryl/α,β-unsaturated/α-hetero) is 1. The average molecular weight is 401 g/mol. The summed E-state index contributed by atoms with van der Waals surface area (Å²) < 4.78 is 5.27. The van der Waals surface area contributed by atoms with E-state index in [1.165, 1.54) is 7.11 Å². The predicted molar refractivity (Wildman–Crippen MR) is 115 cm³/mol. The lowest BCUT2D eigenvalue weighted by atomic mass is 9.88. The van der Waals surface area contributed by atoms with Crippen LogP contribution in [0.5, 0.6) is 5.75 Å². The number of carbonyl (C=O) groups excluding carboxylic acids is 2.